The van der Waals surface area contributed by atoms with E-state index in [4.69, 9.17) is 4.74 Å². The molecule has 0 fully saturated rings. The van der Waals surface area contributed by atoms with E-state index in [-0.39, 0.29) is 18.3 Å². The van der Waals surface area contributed by atoms with Gasteiger partial charge in [0.1, 0.15) is 5.52 Å². The van der Waals surface area contributed by atoms with Crippen LogP contribution >= 0.6 is 11.3 Å². The van der Waals surface area contributed by atoms with E-state index in [0.717, 1.165) is 28.0 Å². The fraction of sp³-hybridized carbons (Fsp3) is 0.250. The fourth-order valence-electron chi connectivity index (χ4n) is 2.89. The van der Waals surface area contributed by atoms with E-state index in [0.29, 0.717) is 23.7 Å². The van der Waals surface area contributed by atoms with Crippen molar-refractivity contribution in [2.45, 2.75) is 32.4 Å². The Bertz CT molecular complexity index is 1150. The highest BCUT2D eigenvalue weighted by Crippen LogP contribution is 2.22. The van der Waals surface area contributed by atoms with Gasteiger partial charge in [-0.15, -0.1) is 16.4 Å². The van der Waals surface area contributed by atoms with Gasteiger partial charge in [0, 0.05) is 6.42 Å². The minimum Gasteiger partial charge on any atom is -0.442 e. The second-order valence-electron chi connectivity index (χ2n) is 6.34. The van der Waals surface area contributed by atoms with Crippen molar-refractivity contribution < 1.29 is 9.53 Å². The lowest BCUT2D eigenvalue weighted by molar-refractivity contribution is -0.148. The van der Waals surface area contributed by atoms with Gasteiger partial charge >= 0.3 is 5.97 Å². The number of nitrogens with zero attached hydrogens (tertiary/aromatic N) is 4. The quantitative estimate of drug-likeness (QED) is 0.353. The molecule has 2 heterocycles. The topological polar surface area (TPSA) is 87.0 Å². The number of carbonyl (C=O) groups is 1. The van der Waals surface area contributed by atoms with Crippen LogP contribution in [-0.4, -0.2) is 25.9 Å². The van der Waals surface area contributed by atoms with E-state index in [1.165, 1.54) is 4.70 Å². The summed E-state index contributed by atoms with van der Waals surface area (Å²) in [5, 5.41) is 9.29. The average molecular weight is 394 g/mol. The molecular weight excluding hydrogens is 376 g/mol. The summed E-state index contributed by atoms with van der Waals surface area (Å²) in [7, 11) is 0. The SMILES string of the molecule is O=C(CCCCc1nc2ccccc2s1)OCn1nnc2ccccc2c1=O. The first kappa shape index (κ1) is 18.2. The zero-order valence-electron chi connectivity index (χ0n) is 15.1. The Balaban J connectivity index is 1.25. The van der Waals surface area contributed by atoms with Crippen LogP contribution in [0.1, 0.15) is 24.3 Å². The highest BCUT2D eigenvalue weighted by atomic mass is 32.1. The van der Waals surface area contributed by atoms with Gasteiger partial charge in [0.2, 0.25) is 0 Å². The molecule has 0 N–H and O–H groups in total. The molecule has 2 aromatic carbocycles. The third-order valence-corrected chi connectivity index (χ3v) is 5.43. The van der Waals surface area contributed by atoms with Crippen LogP contribution in [0, 0.1) is 0 Å². The molecular formula is C20H18N4O3S. The maximum absolute atomic E-state index is 12.3. The second kappa shape index (κ2) is 8.26. The molecule has 4 aromatic rings. The zero-order valence-corrected chi connectivity index (χ0v) is 15.9. The minimum atomic E-state index is -0.355. The monoisotopic (exact) mass is 394 g/mol. The normalized spacial score (nSPS) is 11.1. The van der Waals surface area contributed by atoms with Crippen molar-refractivity contribution in [3.8, 4) is 0 Å². The Kier molecular flexibility index (Phi) is 5.38. The Hall–Kier alpha value is -3.13. The third-order valence-electron chi connectivity index (χ3n) is 4.34. The average Bonchev–Trinajstić information content (AvgIpc) is 3.14. The molecule has 4 rings (SSSR count). The summed E-state index contributed by atoms with van der Waals surface area (Å²) in [6.45, 7) is -0.229. The van der Waals surface area contributed by atoms with Gasteiger partial charge in [-0.3, -0.25) is 9.59 Å². The van der Waals surface area contributed by atoms with Gasteiger partial charge in [-0.1, -0.05) is 29.5 Å². The summed E-state index contributed by atoms with van der Waals surface area (Å²) < 4.78 is 7.40. The van der Waals surface area contributed by atoms with Gasteiger partial charge in [-0.25, -0.2) is 4.98 Å². The molecule has 0 bridgehead atoms. The molecule has 0 aliphatic heterocycles. The molecule has 28 heavy (non-hydrogen) atoms. The first-order chi connectivity index (χ1) is 13.7. The number of thiazole rings is 1. The van der Waals surface area contributed by atoms with Gasteiger partial charge in [0.05, 0.1) is 20.6 Å². The van der Waals surface area contributed by atoms with Crippen LogP contribution in [0.15, 0.2) is 53.3 Å². The van der Waals surface area contributed by atoms with Crippen molar-refractivity contribution in [1.82, 2.24) is 20.0 Å². The van der Waals surface area contributed by atoms with Crippen LogP contribution in [0.4, 0.5) is 0 Å². The van der Waals surface area contributed by atoms with Crippen LogP contribution < -0.4 is 5.56 Å². The molecule has 0 saturated carbocycles. The molecule has 0 saturated heterocycles. The lowest BCUT2D eigenvalue weighted by atomic mass is 10.2. The molecule has 142 valence electrons. The molecule has 0 radical (unpaired) electrons. The standard InChI is InChI=1S/C20H18N4O3S/c25-19(12-6-5-11-18-21-16-9-3-4-10-17(16)28-18)27-13-24-20(26)14-7-1-2-8-15(14)22-23-24/h1-4,7-10H,5-6,11-13H2. The summed E-state index contributed by atoms with van der Waals surface area (Å²) in [6.07, 6.45) is 2.68. The molecule has 0 aliphatic carbocycles. The van der Waals surface area contributed by atoms with Crippen LogP contribution in [0.5, 0.6) is 0 Å². The van der Waals surface area contributed by atoms with E-state index < -0.39 is 0 Å². The Labute approximate surface area is 164 Å². The number of ether oxygens (including phenoxy) is 1. The number of aryl methyl sites for hydroxylation is 1. The third kappa shape index (κ3) is 4.07. The highest BCUT2D eigenvalue weighted by Gasteiger charge is 2.09. The van der Waals surface area contributed by atoms with Crippen LogP contribution in [0.3, 0.4) is 0 Å². The Morgan fingerprint density at radius 1 is 1.04 bits per heavy atom. The minimum absolute atomic E-state index is 0.229. The van der Waals surface area contributed by atoms with Gasteiger partial charge in [0.25, 0.3) is 5.56 Å². The van der Waals surface area contributed by atoms with Gasteiger partial charge in [-0.05, 0) is 43.5 Å². The number of para-hydroxylation sites is 1. The number of hydrogen-bond donors (Lipinski definition) is 0. The second-order valence-corrected chi connectivity index (χ2v) is 7.45. The van der Waals surface area contributed by atoms with Crippen molar-refractivity contribution in [3.05, 3.63) is 63.9 Å². The molecule has 2 aromatic heterocycles. The van der Waals surface area contributed by atoms with Gasteiger partial charge < -0.3 is 4.74 Å². The number of rotatable bonds is 7. The molecule has 0 aliphatic rings. The summed E-state index contributed by atoms with van der Waals surface area (Å²) >= 11 is 1.69. The van der Waals surface area contributed by atoms with Crippen molar-refractivity contribution >= 4 is 38.4 Å². The van der Waals surface area contributed by atoms with Crippen molar-refractivity contribution in [3.63, 3.8) is 0 Å². The maximum atomic E-state index is 12.3. The maximum Gasteiger partial charge on any atom is 0.307 e. The number of hydrogen-bond acceptors (Lipinski definition) is 7. The van der Waals surface area contributed by atoms with Crippen LogP contribution in [0.25, 0.3) is 21.1 Å². The molecule has 0 amide bonds. The Morgan fingerprint density at radius 3 is 2.68 bits per heavy atom. The van der Waals surface area contributed by atoms with Crippen LogP contribution in [-0.2, 0) is 22.7 Å². The number of aromatic nitrogens is 4. The van der Waals surface area contributed by atoms with E-state index in [9.17, 15) is 9.59 Å². The van der Waals surface area contributed by atoms with Crippen LogP contribution in [0.2, 0.25) is 0 Å². The highest BCUT2D eigenvalue weighted by molar-refractivity contribution is 7.18. The molecule has 0 spiro atoms. The molecule has 7 nitrogen and oxygen atoms in total. The number of benzene rings is 2. The fourth-order valence-corrected chi connectivity index (χ4v) is 3.89. The van der Waals surface area contributed by atoms with E-state index >= 15 is 0 Å². The number of esters is 1. The number of fused-ring (bicyclic) bond motifs is 2. The van der Waals surface area contributed by atoms with Gasteiger partial charge in [-0.2, -0.15) is 4.68 Å². The van der Waals surface area contributed by atoms with E-state index in [1.54, 1.807) is 35.6 Å². The number of carbonyl (C=O) groups excluding carboxylic acids is 1. The predicted molar refractivity (Wildman–Crippen MR) is 107 cm³/mol. The number of unbranched alkanes of at least 4 members (excludes halogenated alkanes) is 1. The first-order valence-electron chi connectivity index (χ1n) is 9.03. The largest absolute Gasteiger partial charge is 0.442 e. The summed E-state index contributed by atoms with van der Waals surface area (Å²) in [5.74, 6) is -0.355. The van der Waals surface area contributed by atoms with Crippen molar-refractivity contribution in [2.75, 3.05) is 0 Å². The van der Waals surface area contributed by atoms with Gasteiger partial charge in [0.15, 0.2) is 6.73 Å². The van der Waals surface area contributed by atoms with E-state index in [2.05, 4.69) is 21.4 Å². The molecule has 8 heteroatoms. The molecule has 0 unspecified atom stereocenters. The summed E-state index contributed by atoms with van der Waals surface area (Å²) in [5.41, 5.74) is 1.21. The first-order valence-corrected chi connectivity index (χ1v) is 9.85. The Morgan fingerprint density at radius 2 is 1.82 bits per heavy atom. The summed E-state index contributed by atoms with van der Waals surface area (Å²) in [6, 6.07) is 15.0. The summed E-state index contributed by atoms with van der Waals surface area (Å²) in [4.78, 5) is 28.8. The van der Waals surface area contributed by atoms with Crippen molar-refractivity contribution in [2.24, 2.45) is 0 Å². The lowest BCUT2D eigenvalue weighted by Gasteiger charge is -2.06. The molecule has 0 atom stereocenters. The zero-order chi connectivity index (χ0) is 19.3. The smallest absolute Gasteiger partial charge is 0.307 e. The lowest BCUT2D eigenvalue weighted by Crippen LogP contribution is -2.26. The van der Waals surface area contributed by atoms with Crippen molar-refractivity contribution in [1.29, 1.82) is 0 Å². The predicted octanol–water partition coefficient (Wildman–Crippen LogP) is 3.31. The van der Waals surface area contributed by atoms with E-state index in [1.807, 2.05) is 18.2 Å².